The highest BCUT2D eigenvalue weighted by Gasteiger charge is 2.06. The topological polar surface area (TPSA) is 59.9 Å². The number of benzene rings is 2. The fourth-order valence-electron chi connectivity index (χ4n) is 1.97. The molecule has 0 atom stereocenters. The molecule has 0 aliphatic heterocycles. The first-order chi connectivity index (χ1) is 10.1. The summed E-state index contributed by atoms with van der Waals surface area (Å²) in [7, 11) is 0. The van der Waals surface area contributed by atoms with Gasteiger partial charge >= 0.3 is 0 Å². The van der Waals surface area contributed by atoms with Crippen LogP contribution < -0.4 is 16.0 Å². The lowest BCUT2D eigenvalue weighted by molar-refractivity contribution is 1.26. The van der Waals surface area contributed by atoms with Crippen molar-refractivity contribution < 1.29 is 0 Å². The molecule has 0 aliphatic rings. The average Bonchev–Trinajstić information content (AvgIpc) is 2.44. The van der Waals surface area contributed by atoms with E-state index in [0.717, 1.165) is 22.5 Å². The Labute approximate surface area is 130 Å². The summed E-state index contributed by atoms with van der Waals surface area (Å²) in [5.41, 5.74) is 3.99. The lowest BCUT2D eigenvalue weighted by atomic mass is 10.1. The zero-order chi connectivity index (χ0) is 15.2. The van der Waals surface area contributed by atoms with Crippen LogP contribution in [0.2, 0.25) is 0 Å². The maximum atomic E-state index is 7.97. The van der Waals surface area contributed by atoms with Crippen molar-refractivity contribution >= 4 is 34.7 Å². The Morgan fingerprint density at radius 3 is 2.14 bits per heavy atom. The number of rotatable bonds is 2. The summed E-state index contributed by atoms with van der Waals surface area (Å²) in [4.78, 5) is 0. The van der Waals surface area contributed by atoms with E-state index in [1.165, 1.54) is 0 Å². The maximum Gasteiger partial charge on any atom is 0.199 e. The molecule has 0 amide bonds. The molecule has 0 aromatic heterocycles. The summed E-state index contributed by atoms with van der Waals surface area (Å²) in [6, 6.07) is 15.6. The van der Waals surface area contributed by atoms with Gasteiger partial charge < -0.3 is 16.0 Å². The van der Waals surface area contributed by atoms with Crippen LogP contribution in [0.1, 0.15) is 11.1 Å². The Hall–Kier alpha value is -2.40. The van der Waals surface area contributed by atoms with Crippen molar-refractivity contribution in [1.29, 1.82) is 5.41 Å². The van der Waals surface area contributed by atoms with E-state index in [2.05, 4.69) is 16.0 Å². The van der Waals surface area contributed by atoms with Crippen LogP contribution in [0.15, 0.2) is 48.5 Å². The lowest BCUT2D eigenvalue weighted by Crippen LogP contribution is -2.38. The highest BCUT2D eigenvalue weighted by Crippen LogP contribution is 2.18. The van der Waals surface area contributed by atoms with Crippen LogP contribution >= 0.6 is 12.2 Å². The molecule has 2 aromatic carbocycles. The van der Waals surface area contributed by atoms with Gasteiger partial charge in [-0.2, -0.15) is 0 Å². The van der Waals surface area contributed by atoms with Crippen molar-refractivity contribution in [3.05, 3.63) is 59.7 Å². The number of para-hydroxylation sites is 2. The largest absolute Gasteiger partial charge is 0.332 e. The first kappa shape index (κ1) is 15.0. The number of aryl methyl sites for hydroxylation is 2. The van der Waals surface area contributed by atoms with Crippen LogP contribution in [0.4, 0.5) is 11.4 Å². The summed E-state index contributed by atoms with van der Waals surface area (Å²) < 4.78 is 0. The van der Waals surface area contributed by atoms with Gasteiger partial charge in [-0.05, 0) is 49.3 Å². The molecule has 0 spiro atoms. The highest BCUT2D eigenvalue weighted by atomic mass is 32.1. The zero-order valence-electron chi connectivity index (χ0n) is 12.0. The zero-order valence-corrected chi connectivity index (χ0v) is 12.8. The van der Waals surface area contributed by atoms with Crippen molar-refractivity contribution in [2.24, 2.45) is 0 Å². The molecule has 2 rings (SSSR count). The van der Waals surface area contributed by atoms with Gasteiger partial charge in [0.25, 0.3) is 0 Å². The molecule has 0 radical (unpaired) electrons. The Kier molecular flexibility index (Phi) is 4.90. The van der Waals surface area contributed by atoms with Gasteiger partial charge in [-0.25, -0.2) is 0 Å². The third-order valence-corrected chi connectivity index (χ3v) is 3.21. The van der Waals surface area contributed by atoms with Gasteiger partial charge in [-0.1, -0.05) is 36.4 Å². The van der Waals surface area contributed by atoms with E-state index < -0.39 is 0 Å². The monoisotopic (exact) mass is 298 g/mol. The molecule has 0 saturated carbocycles. The molecule has 0 bridgehead atoms. The van der Waals surface area contributed by atoms with E-state index in [9.17, 15) is 0 Å². The van der Waals surface area contributed by atoms with Gasteiger partial charge in [0.05, 0.1) is 0 Å². The minimum absolute atomic E-state index is 0.140. The first-order valence-electron chi connectivity index (χ1n) is 6.61. The molecule has 2 aromatic rings. The molecule has 108 valence electrons. The van der Waals surface area contributed by atoms with Gasteiger partial charge in [0.15, 0.2) is 11.1 Å². The highest BCUT2D eigenvalue weighted by molar-refractivity contribution is 7.80. The summed E-state index contributed by atoms with van der Waals surface area (Å²) in [5.74, 6) is 0.140. The molecule has 0 saturated heterocycles. The number of guanidine groups is 1. The van der Waals surface area contributed by atoms with Crippen LogP contribution in [0.3, 0.4) is 0 Å². The molecule has 0 aliphatic carbocycles. The number of nitrogens with one attached hydrogen (secondary N) is 4. The second-order valence-electron chi connectivity index (χ2n) is 4.71. The summed E-state index contributed by atoms with van der Waals surface area (Å²) in [6.07, 6.45) is 0. The van der Waals surface area contributed by atoms with E-state index in [1.54, 1.807) is 0 Å². The minimum atomic E-state index is 0.140. The van der Waals surface area contributed by atoms with Crippen LogP contribution in [0, 0.1) is 19.3 Å². The predicted octanol–water partition coefficient (Wildman–Crippen LogP) is 3.64. The Morgan fingerprint density at radius 1 is 0.905 bits per heavy atom. The van der Waals surface area contributed by atoms with Gasteiger partial charge in [0.2, 0.25) is 0 Å². The van der Waals surface area contributed by atoms with Gasteiger partial charge in [0, 0.05) is 11.4 Å². The number of thiocarbonyl (C=S) groups is 1. The van der Waals surface area contributed by atoms with Gasteiger partial charge in [-0.3, -0.25) is 5.41 Å². The molecule has 5 heteroatoms. The Bertz CT molecular complexity index is 632. The van der Waals surface area contributed by atoms with Crippen molar-refractivity contribution in [3.8, 4) is 0 Å². The summed E-state index contributed by atoms with van der Waals surface area (Å²) in [5, 5.41) is 17.2. The third kappa shape index (κ3) is 4.29. The maximum absolute atomic E-state index is 7.97. The smallest absolute Gasteiger partial charge is 0.199 e. The van der Waals surface area contributed by atoms with Gasteiger partial charge in [-0.15, -0.1) is 0 Å². The van der Waals surface area contributed by atoms with Gasteiger partial charge in [0.1, 0.15) is 0 Å². The third-order valence-electron chi connectivity index (χ3n) is 3.00. The Balaban J connectivity index is 1.94. The van der Waals surface area contributed by atoms with Crippen molar-refractivity contribution in [3.63, 3.8) is 0 Å². The number of anilines is 2. The van der Waals surface area contributed by atoms with Crippen molar-refractivity contribution in [1.82, 2.24) is 5.32 Å². The SMILES string of the molecule is Cc1cccc(C)c1NC(=N)NC(=S)Nc1ccccc1. The Morgan fingerprint density at radius 2 is 1.52 bits per heavy atom. The van der Waals surface area contributed by atoms with Crippen LogP contribution in [-0.2, 0) is 0 Å². The molecule has 21 heavy (non-hydrogen) atoms. The van der Waals surface area contributed by atoms with E-state index in [1.807, 2.05) is 62.4 Å². The molecule has 0 unspecified atom stereocenters. The molecule has 0 heterocycles. The summed E-state index contributed by atoms with van der Waals surface area (Å²) in [6.45, 7) is 4.01. The molecule has 4 N–H and O–H groups in total. The van der Waals surface area contributed by atoms with Crippen LogP contribution in [0.25, 0.3) is 0 Å². The normalized spacial score (nSPS) is 9.81. The van der Waals surface area contributed by atoms with Crippen LogP contribution in [0.5, 0.6) is 0 Å². The molecule has 0 fully saturated rings. The standard InChI is InChI=1S/C16H18N4S/c1-11-7-6-8-12(2)14(11)19-15(17)20-16(21)18-13-9-4-3-5-10-13/h3-10H,1-2H3,(H4,17,18,19,20,21). The van der Waals surface area contributed by atoms with Crippen molar-refractivity contribution in [2.45, 2.75) is 13.8 Å². The predicted molar refractivity (Wildman–Crippen MR) is 93.1 cm³/mol. The first-order valence-corrected chi connectivity index (χ1v) is 7.02. The fourth-order valence-corrected chi connectivity index (χ4v) is 2.19. The second-order valence-corrected chi connectivity index (χ2v) is 5.12. The van der Waals surface area contributed by atoms with E-state index in [0.29, 0.717) is 5.11 Å². The van der Waals surface area contributed by atoms with E-state index >= 15 is 0 Å². The lowest BCUT2D eigenvalue weighted by Gasteiger charge is -2.15. The van der Waals surface area contributed by atoms with E-state index in [-0.39, 0.29) is 5.96 Å². The minimum Gasteiger partial charge on any atom is -0.332 e. The molecular formula is C16H18N4S. The molecular weight excluding hydrogens is 280 g/mol. The average molecular weight is 298 g/mol. The molecule has 4 nitrogen and oxygen atoms in total. The fraction of sp³-hybridized carbons (Fsp3) is 0.125. The quantitative estimate of drug-likeness (QED) is 0.388. The second kappa shape index (κ2) is 6.85. The number of hydrogen-bond donors (Lipinski definition) is 4. The number of hydrogen-bond acceptors (Lipinski definition) is 2. The van der Waals surface area contributed by atoms with Crippen molar-refractivity contribution in [2.75, 3.05) is 10.6 Å². The van der Waals surface area contributed by atoms with Crippen LogP contribution in [-0.4, -0.2) is 11.1 Å². The van der Waals surface area contributed by atoms with E-state index in [4.69, 9.17) is 17.6 Å². The summed E-state index contributed by atoms with van der Waals surface area (Å²) >= 11 is 5.19.